The molecule has 0 fully saturated rings. The van der Waals surface area contributed by atoms with E-state index in [2.05, 4.69) is 19.9 Å². The third-order valence-corrected chi connectivity index (χ3v) is 4.63. The Balaban J connectivity index is 1.94. The van der Waals surface area contributed by atoms with Gasteiger partial charge in [-0.3, -0.25) is 4.98 Å². The van der Waals surface area contributed by atoms with E-state index in [1.54, 1.807) is 12.3 Å². The van der Waals surface area contributed by atoms with Crippen molar-refractivity contribution in [3.05, 3.63) is 30.1 Å². The molecule has 0 atom stereocenters. The molecule has 0 aromatic carbocycles. The molecule has 0 saturated carbocycles. The fourth-order valence-electron chi connectivity index (χ4n) is 1.25. The van der Waals surface area contributed by atoms with Gasteiger partial charge in [-0.25, -0.2) is 13.1 Å². The molecule has 18 heavy (non-hydrogen) atoms. The van der Waals surface area contributed by atoms with Gasteiger partial charge in [0.1, 0.15) is 0 Å². The lowest BCUT2D eigenvalue weighted by Gasteiger charge is -2.02. The van der Waals surface area contributed by atoms with Crippen molar-refractivity contribution in [1.82, 2.24) is 19.9 Å². The average molecular weight is 285 g/mol. The Morgan fingerprint density at radius 1 is 1.33 bits per heavy atom. The smallest absolute Gasteiger partial charge is 0.269 e. The summed E-state index contributed by atoms with van der Waals surface area (Å²) in [4.78, 5) is 4.09. The number of aromatic nitrogens is 3. The van der Waals surface area contributed by atoms with Crippen LogP contribution in [0.15, 0.2) is 28.7 Å². The fraction of sp³-hybridized carbons (Fsp3) is 0.222. The molecule has 2 heterocycles. The average Bonchev–Trinajstić information content (AvgIpc) is 2.78. The maximum Gasteiger partial charge on any atom is 0.269 e. The number of nitrogens with zero attached hydrogens (tertiary/aromatic N) is 3. The van der Waals surface area contributed by atoms with Gasteiger partial charge in [-0.2, -0.15) is 0 Å². The molecule has 0 amide bonds. The van der Waals surface area contributed by atoms with Crippen LogP contribution in [0.4, 0.5) is 5.13 Å². The number of anilines is 1. The van der Waals surface area contributed by atoms with Gasteiger partial charge in [0.05, 0.1) is 0 Å². The molecular weight excluding hydrogens is 274 g/mol. The standard InChI is InChI=1S/C9H11N5O2S2/c10-8-13-14-9(17-8)18(15,16)12-6-4-7-3-1-2-5-11-7/h1-3,5,12H,4,6H2,(H2,10,13). The Bertz CT molecular complexity index is 611. The van der Waals surface area contributed by atoms with Crippen LogP contribution in [-0.2, 0) is 16.4 Å². The largest absolute Gasteiger partial charge is 0.374 e. The molecule has 3 N–H and O–H groups in total. The zero-order chi connectivity index (χ0) is 13.0. The lowest BCUT2D eigenvalue weighted by Crippen LogP contribution is -2.26. The van der Waals surface area contributed by atoms with E-state index < -0.39 is 10.0 Å². The SMILES string of the molecule is Nc1nnc(S(=O)(=O)NCCc2ccccn2)s1. The molecule has 9 heteroatoms. The molecule has 0 spiro atoms. The summed E-state index contributed by atoms with van der Waals surface area (Å²) >= 11 is 0.830. The number of nitrogens with two attached hydrogens (primary N) is 1. The number of rotatable bonds is 5. The highest BCUT2D eigenvalue weighted by atomic mass is 32.2. The minimum absolute atomic E-state index is 0.124. The number of nitrogens with one attached hydrogen (secondary N) is 1. The maximum atomic E-state index is 11.8. The van der Waals surface area contributed by atoms with Crippen LogP contribution in [0.2, 0.25) is 0 Å². The first-order valence-corrected chi connectivity index (χ1v) is 7.36. The van der Waals surface area contributed by atoms with Crippen LogP contribution in [0.25, 0.3) is 0 Å². The van der Waals surface area contributed by atoms with Crippen molar-refractivity contribution < 1.29 is 8.42 Å². The van der Waals surface area contributed by atoms with Gasteiger partial charge in [-0.05, 0) is 12.1 Å². The molecule has 0 bridgehead atoms. The van der Waals surface area contributed by atoms with Crippen molar-refractivity contribution in [2.24, 2.45) is 0 Å². The number of hydrogen-bond donors (Lipinski definition) is 2. The molecule has 0 radical (unpaired) electrons. The summed E-state index contributed by atoms with van der Waals surface area (Å²) in [7, 11) is -3.62. The summed E-state index contributed by atoms with van der Waals surface area (Å²) in [6, 6.07) is 5.48. The summed E-state index contributed by atoms with van der Waals surface area (Å²) in [5, 5.41) is 7.08. The van der Waals surface area contributed by atoms with Crippen LogP contribution in [0, 0.1) is 0 Å². The van der Waals surface area contributed by atoms with Crippen molar-refractivity contribution in [3.8, 4) is 0 Å². The van der Waals surface area contributed by atoms with Gasteiger partial charge >= 0.3 is 0 Å². The van der Waals surface area contributed by atoms with Crippen LogP contribution in [-0.4, -0.2) is 30.1 Å². The predicted octanol–water partition coefficient (Wildman–Crippen LogP) is 0.0363. The van der Waals surface area contributed by atoms with Crippen molar-refractivity contribution in [2.75, 3.05) is 12.3 Å². The van der Waals surface area contributed by atoms with Gasteiger partial charge in [0, 0.05) is 24.9 Å². The summed E-state index contributed by atoms with van der Waals surface area (Å²) in [6.07, 6.45) is 2.17. The van der Waals surface area contributed by atoms with E-state index in [9.17, 15) is 8.42 Å². The first-order valence-electron chi connectivity index (χ1n) is 5.06. The van der Waals surface area contributed by atoms with E-state index in [1.807, 2.05) is 12.1 Å². The second-order valence-corrected chi connectivity index (χ2v) is 6.32. The lowest BCUT2D eigenvalue weighted by molar-refractivity contribution is 0.579. The number of nitrogen functional groups attached to an aromatic ring is 1. The molecule has 2 rings (SSSR count). The first-order chi connectivity index (χ1) is 8.58. The molecule has 0 aliphatic heterocycles. The van der Waals surface area contributed by atoms with E-state index in [4.69, 9.17) is 5.73 Å². The zero-order valence-corrected chi connectivity index (χ0v) is 10.9. The second kappa shape index (κ2) is 5.38. The predicted molar refractivity (Wildman–Crippen MR) is 67.5 cm³/mol. The molecule has 2 aromatic rings. The molecule has 0 saturated heterocycles. The number of sulfonamides is 1. The van der Waals surface area contributed by atoms with E-state index in [0.29, 0.717) is 6.42 Å². The van der Waals surface area contributed by atoms with E-state index in [0.717, 1.165) is 17.0 Å². The maximum absolute atomic E-state index is 11.8. The van der Waals surface area contributed by atoms with Crippen molar-refractivity contribution in [3.63, 3.8) is 0 Å². The summed E-state index contributed by atoms with van der Waals surface area (Å²) in [6.45, 7) is 0.249. The van der Waals surface area contributed by atoms with Gasteiger partial charge in [0.2, 0.25) is 9.47 Å². The highest BCUT2D eigenvalue weighted by Gasteiger charge is 2.18. The Morgan fingerprint density at radius 3 is 2.78 bits per heavy atom. The Morgan fingerprint density at radius 2 is 2.17 bits per heavy atom. The van der Waals surface area contributed by atoms with Gasteiger partial charge in [0.15, 0.2) is 0 Å². The molecular formula is C9H11N5O2S2. The summed E-state index contributed by atoms with van der Waals surface area (Å²) < 4.78 is 25.8. The lowest BCUT2D eigenvalue weighted by atomic mass is 10.3. The zero-order valence-electron chi connectivity index (χ0n) is 9.28. The number of pyridine rings is 1. The molecule has 0 unspecified atom stereocenters. The van der Waals surface area contributed by atoms with Gasteiger partial charge < -0.3 is 5.73 Å². The van der Waals surface area contributed by atoms with Crippen molar-refractivity contribution >= 4 is 26.5 Å². The van der Waals surface area contributed by atoms with Crippen LogP contribution >= 0.6 is 11.3 Å². The highest BCUT2D eigenvalue weighted by molar-refractivity contribution is 7.91. The second-order valence-electron chi connectivity index (χ2n) is 3.38. The molecule has 0 aliphatic rings. The van der Waals surface area contributed by atoms with E-state index in [-0.39, 0.29) is 16.0 Å². The van der Waals surface area contributed by atoms with Gasteiger partial charge in [0.25, 0.3) is 10.0 Å². The minimum Gasteiger partial charge on any atom is -0.374 e. The van der Waals surface area contributed by atoms with Crippen LogP contribution in [0.3, 0.4) is 0 Å². The van der Waals surface area contributed by atoms with Crippen LogP contribution in [0.5, 0.6) is 0 Å². The van der Waals surface area contributed by atoms with E-state index in [1.165, 1.54) is 0 Å². The number of hydrogen-bond acceptors (Lipinski definition) is 7. The topological polar surface area (TPSA) is 111 Å². The minimum atomic E-state index is -3.62. The Kier molecular flexibility index (Phi) is 3.84. The quantitative estimate of drug-likeness (QED) is 0.802. The van der Waals surface area contributed by atoms with Crippen LogP contribution in [0.1, 0.15) is 5.69 Å². The Labute approximate surface area is 108 Å². The van der Waals surface area contributed by atoms with Crippen molar-refractivity contribution in [2.45, 2.75) is 10.8 Å². The molecule has 2 aromatic heterocycles. The first kappa shape index (κ1) is 12.9. The van der Waals surface area contributed by atoms with Gasteiger partial charge in [-0.1, -0.05) is 17.4 Å². The highest BCUT2D eigenvalue weighted by Crippen LogP contribution is 2.16. The Hall–Kier alpha value is -1.58. The molecule has 7 nitrogen and oxygen atoms in total. The van der Waals surface area contributed by atoms with E-state index >= 15 is 0 Å². The third-order valence-electron chi connectivity index (χ3n) is 2.05. The summed E-state index contributed by atoms with van der Waals surface area (Å²) in [5.74, 6) is 0. The summed E-state index contributed by atoms with van der Waals surface area (Å²) in [5.41, 5.74) is 6.15. The fourth-order valence-corrected chi connectivity index (χ4v) is 3.11. The van der Waals surface area contributed by atoms with Crippen molar-refractivity contribution in [1.29, 1.82) is 0 Å². The normalized spacial score (nSPS) is 11.6. The monoisotopic (exact) mass is 285 g/mol. The third kappa shape index (κ3) is 3.22. The van der Waals surface area contributed by atoms with Gasteiger partial charge in [-0.15, -0.1) is 10.2 Å². The molecule has 96 valence electrons. The van der Waals surface area contributed by atoms with Crippen LogP contribution < -0.4 is 10.5 Å². The molecule has 0 aliphatic carbocycles.